The fourth-order valence-corrected chi connectivity index (χ4v) is 6.87. The quantitative estimate of drug-likeness (QED) is 0.0506. The first-order valence-electron chi connectivity index (χ1n) is 17.9. The van der Waals surface area contributed by atoms with Crippen LogP contribution in [0.1, 0.15) is 124 Å². The van der Waals surface area contributed by atoms with E-state index in [0.29, 0.717) is 44.9 Å². The topological polar surface area (TPSA) is 180 Å². The standard InChI is InChI=1S/C21H35NO4.C17H29NO4.CH4/c1-3-4-7-10-16(23)13-14-18-17(19(24)15-20(18)25)11-8-5-6-9-12-21(26)22-2;1-12(19)9-10-14-13(15(20)11-16(14)21)7-5-3-4-6-8-17(22)18-2;/h3-5,8,16-20,23-25H,2,6-7,9-15H2,1H3;3,5,12-16,19-21H,2,4,6-11H2,1H3;1H4/b4-3+,8-5-;5-3-;/t16?,17-,18-,19?,20?;12?,13-,14-,15?,16?;/m11./s1. The Labute approximate surface area is 295 Å². The van der Waals surface area contributed by atoms with E-state index in [9.17, 15) is 40.2 Å². The zero-order chi connectivity index (χ0) is 35.9. The predicted octanol–water partition coefficient (Wildman–Crippen LogP) is 5.67. The van der Waals surface area contributed by atoms with Gasteiger partial charge < -0.3 is 30.6 Å². The van der Waals surface area contributed by atoms with Crippen molar-refractivity contribution in [3.63, 3.8) is 0 Å². The van der Waals surface area contributed by atoms with Crippen molar-refractivity contribution < 1.29 is 40.2 Å². The summed E-state index contributed by atoms with van der Waals surface area (Å²) in [6.45, 7) is 10.1. The molecule has 0 aromatic heterocycles. The van der Waals surface area contributed by atoms with E-state index in [1.54, 1.807) is 6.92 Å². The lowest BCUT2D eigenvalue weighted by Crippen LogP contribution is -2.23. The first-order chi connectivity index (χ1) is 22.9. The number of hydrogen-bond donors (Lipinski definition) is 6. The average molecular weight is 693 g/mol. The van der Waals surface area contributed by atoms with Crippen molar-refractivity contribution in [2.24, 2.45) is 33.7 Å². The summed E-state index contributed by atoms with van der Waals surface area (Å²) in [5, 5.41) is 60.1. The Kier molecular flexibility index (Phi) is 26.1. The van der Waals surface area contributed by atoms with Gasteiger partial charge in [0.1, 0.15) is 0 Å². The number of allylic oxidation sites excluding steroid dienone is 6. The maximum Gasteiger partial charge on any atom is 0.245 e. The summed E-state index contributed by atoms with van der Waals surface area (Å²) in [4.78, 5) is 28.7. The van der Waals surface area contributed by atoms with Crippen LogP contribution in [-0.2, 0) is 9.59 Å². The van der Waals surface area contributed by atoms with Crippen LogP contribution >= 0.6 is 0 Å². The van der Waals surface area contributed by atoms with Crippen molar-refractivity contribution >= 4 is 25.2 Å². The second-order valence-electron chi connectivity index (χ2n) is 13.5. The molecule has 10 heteroatoms. The Hall–Kier alpha value is -2.34. The lowest BCUT2D eigenvalue weighted by Gasteiger charge is -2.23. The molecule has 0 aliphatic heterocycles. The number of aliphatic hydroxyl groups is 6. The van der Waals surface area contributed by atoms with Crippen LogP contribution in [0.4, 0.5) is 0 Å². The molecule has 2 rings (SSSR count). The molecule has 0 aromatic carbocycles. The molecule has 49 heavy (non-hydrogen) atoms. The Morgan fingerprint density at radius 3 is 1.51 bits per heavy atom. The molecule has 10 atom stereocenters. The SMILES string of the molecule is C.C=NC(=O)CCC/C=C\C[C@H]1C(O)CC(O)[C@@H]1CCC(C)O.C=NC(=O)CCC/C=C\C[C@H]1C(O)CC(O)[C@@H]1CCC(O)CC/C=C/C. The monoisotopic (exact) mass is 692 g/mol. The fraction of sp³-hybridized carbons (Fsp3) is 0.744. The summed E-state index contributed by atoms with van der Waals surface area (Å²) in [6, 6.07) is 0. The fourth-order valence-electron chi connectivity index (χ4n) is 6.87. The molecular formula is C39H68N2O8. The summed E-state index contributed by atoms with van der Waals surface area (Å²) >= 11 is 0. The van der Waals surface area contributed by atoms with E-state index < -0.39 is 24.4 Å². The normalized spacial score (nSPS) is 27.9. The van der Waals surface area contributed by atoms with Gasteiger partial charge in [-0.25, -0.2) is 9.98 Å². The molecule has 0 aromatic rings. The maximum atomic E-state index is 11.0. The number of unbranched alkanes of at least 4 members (excludes halogenated alkanes) is 2. The van der Waals surface area contributed by atoms with E-state index >= 15 is 0 Å². The Bertz CT molecular complexity index is 1010. The van der Waals surface area contributed by atoms with Crippen LogP contribution in [0.3, 0.4) is 0 Å². The summed E-state index contributed by atoms with van der Waals surface area (Å²) < 4.78 is 0. The maximum absolute atomic E-state index is 11.0. The van der Waals surface area contributed by atoms with E-state index in [1.165, 1.54) is 0 Å². The molecule has 0 bridgehead atoms. The molecule has 2 saturated carbocycles. The molecule has 0 spiro atoms. The van der Waals surface area contributed by atoms with Gasteiger partial charge in [0.25, 0.3) is 0 Å². The molecule has 0 heterocycles. The van der Waals surface area contributed by atoms with Crippen molar-refractivity contribution in [1.82, 2.24) is 0 Å². The van der Waals surface area contributed by atoms with Crippen LogP contribution < -0.4 is 0 Å². The molecule has 6 unspecified atom stereocenters. The number of carbonyl (C=O) groups is 2. The van der Waals surface area contributed by atoms with Crippen LogP contribution in [0.25, 0.3) is 0 Å². The number of rotatable bonds is 21. The molecule has 6 N–H and O–H groups in total. The zero-order valence-corrected chi connectivity index (χ0v) is 29.4. The number of carbonyl (C=O) groups excluding carboxylic acids is 2. The number of hydrogen-bond acceptors (Lipinski definition) is 8. The van der Waals surface area contributed by atoms with E-state index in [1.807, 2.05) is 43.4 Å². The largest absolute Gasteiger partial charge is 0.393 e. The highest BCUT2D eigenvalue weighted by molar-refractivity contribution is 5.80. The van der Waals surface area contributed by atoms with Gasteiger partial charge in [-0.2, -0.15) is 0 Å². The van der Waals surface area contributed by atoms with Crippen LogP contribution in [0, 0.1) is 23.7 Å². The third-order valence-electron chi connectivity index (χ3n) is 9.72. The van der Waals surface area contributed by atoms with Gasteiger partial charge in [0, 0.05) is 12.8 Å². The summed E-state index contributed by atoms with van der Waals surface area (Å²) in [5.41, 5.74) is 0. The van der Waals surface area contributed by atoms with Crippen molar-refractivity contribution in [2.75, 3.05) is 0 Å². The first kappa shape index (κ1) is 46.7. The van der Waals surface area contributed by atoms with E-state index in [4.69, 9.17) is 0 Å². The minimum Gasteiger partial charge on any atom is -0.393 e. The number of aliphatic hydroxyl groups excluding tert-OH is 6. The molecule has 10 nitrogen and oxygen atoms in total. The lowest BCUT2D eigenvalue weighted by atomic mass is 9.85. The minimum absolute atomic E-state index is 0. The van der Waals surface area contributed by atoms with Crippen molar-refractivity contribution in [1.29, 1.82) is 0 Å². The van der Waals surface area contributed by atoms with Gasteiger partial charge in [-0.1, -0.05) is 43.9 Å². The highest BCUT2D eigenvalue weighted by Gasteiger charge is 2.41. The Balaban J connectivity index is 0.000000934. The van der Waals surface area contributed by atoms with E-state index in [0.717, 1.165) is 57.8 Å². The zero-order valence-electron chi connectivity index (χ0n) is 29.4. The Morgan fingerprint density at radius 2 is 1.10 bits per heavy atom. The minimum atomic E-state index is -0.498. The molecule has 0 saturated heterocycles. The van der Waals surface area contributed by atoms with Crippen molar-refractivity contribution in [3.05, 3.63) is 36.5 Å². The molecular weight excluding hydrogens is 624 g/mol. The second-order valence-corrected chi connectivity index (χ2v) is 13.5. The van der Waals surface area contributed by atoms with Crippen LogP contribution in [0.2, 0.25) is 0 Å². The van der Waals surface area contributed by atoms with Gasteiger partial charge in [0.2, 0.25) is 11.8 Å². The van der Waals surface area contributed by atoms with E-state index in [-0.39, 0.29) is 55.1 Å². The molecule has 2 fully saturated rings. The number of amides is 2. The van der Waals surface area contributed by atoms with Crippen LogP contribution in [0.15, 0.2) is 46.4 Å². The van der Waals surface area contributed by atoms with Gasteiger partial charge >= 0.3 is 0 Å². The molecule has 2 aliphatic rings. The predicted molar refractivity (Wildman–Crippen MR) is 198 cm³/mol. The van der Waals surface area contributed by atoms with Gasteiger partial charge in [0.15, 0.2) is 0 Å². The van der Waals surface area contributed by atoms with Gasteiger partial charge in [-0.05, 0) is 141 Å². The second kappa shape index (κ2) is 27.4. The molecule has 282 valence electrons. The Morgan fingerprint density at radius 1 is 0.673 bits per heavy atom. The van der Waals surface area contributed by atoms with Crippen molar-refractivity contribution in [3.8, 4) is 0 Å². The van der Waals surface area contributed by atoms with Gasteiger partial charge in [-0.3, -0.25) is 9.59 Å². The third-order valence-corrected chi connectivity index (χ3v) is 9.72. The first-order valence-corrected chi connectivity index (χ1v) is 17.9. The molecule has 0 radical (unpaired) electrons. The molecule has 2 aliphatic carbocycles. The van der Waals surface area contributed by atoms with E-state index in [2.05, 4.69) is 23.4 Å². The number of nitrogens with zero attached hydrogens (tertiary/aromatic N) is 2. The lowest BCUT2D eigenvalue weighted by molar-refractivity contribution is -0.118. The summed E-state index contributed by atoms with van der Waals surface area (Å²) in [5.74, 6) is -0.220. The van der Waals surface area contributed by atoms with Crippen LogP contribution in [-0.4, -0.2) is 92.5 Å². The molecule has 2 amide bonds. The van der Waals surface area contributed by atoms with Gasteiger partial charge in [-0.15, -0.1) is 0 Å². The van der Waals surface area contributed by atoms with Crippen molar-refractivity contribution in [2.45, 2.75) is 161 Å². The number of aliphatic imine (C=N–C) groups is 2. The highest BCUT2D eigenvalue weighted by atomic mass is 16.3. The smallest absolute Gasteiger partial charge is 0.245 e. The summed E-state index contributed by atoms with van der Waals surface area (Å²) in [6.07, 6.45) is 20.0. The highest BCUT2D eigenvalue weighted by Crippen LogP contribution is 2.39. The third kappa shape index (κ3) is 19.6. The van der Waals surface area contributed by atoms with Crippen LogP contribution in [0.5, 0.6) is 0 Å². The van der Waals surface area contributed by atoms with Gasteiger partial charge in [0.05, 0.1) is 36.6 Å². The summed E-state index contributed by atoms with van der Waals surface area (Å²) in [7, 11) is 0. The average Bonchev–Trinajstić information content (AvgIpc) is 3.48.